The van der Waals surface area contributed by atoms with E-state index in [0.29, 0.717) is 11.1 Å². The van der Waals surface area contributed by atoms with Crippen LogP contribution in [0.1, 0.15) is 32.6 Å². The average Bonchev–Trinajstić information content (AvgIpc) is 2.34. The monoisotopic (exact) mass is 240 g/mol. The Morgan fingerprint density at radius 2 is 1.56 bits per heavy atom. The molecule has 0 saturated carbocycles. The summed E-state index contributed by atoms with van der Waals surface area (Å²) in [5.41, 5.74) is 3.82. The molecule has 2 rings (SSSR count). The van der Waals surface area contributed by atoms with Crippen LogP contribution in [0.2, 0.25) is 0 Å². The lowest BCUT2D eigenvalue weighted by Crippen LogP contribution is -2.02. The number of phenolic OH excluding ortho intramolecular Hbond substituents is 1. The molecule has 0 atom stereocenters. The fourth-order valence-corrected chi connectivity index (χ4v) is 2.04. The highest BCUT2D eigenvalue weighted by molar-refractivity contribution is 6.09. The van der Waals surface area contributed by atoms with Crippen LogP contribution in [0.4, 0.5) is 0 Å². The second kappa shape index (κ2) is 4.65. The molecule has 0 saturated heterocycles. The Labute approximate surface area is 107 Å². The van der Waals surface area contributed by atoms with Crippen LogP contribution in [0.25, 0.3) is 0 Å². The van der Waals surface area contributed by atoms with Crippen molar-refractivity contribution in [1.82, 2.24) is 0 Å². The molecule has 1 N–H and O–H groups in total. The van der Waals surface area contributed by atoms with Crippen molar-refractivity contribution in [2.75, 3.05) is 0 Å². The molecule has 2 aromatic rings. The largest absolute Gasteiger partial charge is 0.507 e. The van der Waals surface area contributed by atoms with Crippen LogP contribution in [0, 0.1) is 20.8 Å². The van der Waals surface area contributed by atoms with Gasteiger partial charge in [0.25, 0.3) is 0 Å². The fourth-order valence-electron chi connectivity index (χ4n) is 2.04. The standard InChI is InChI=1S/C16H16O2/c1-10-5-4-6-13(7-10)16(18)14-8-11(2)15(17)12(3)9-14/h4-9,17H,1-3H3. The van der Waals surface area contributed by atoms with E-state index in [1.165, 1.54) is 0 Å². The van der Waals surface area contributed by atoms with E-state index in [1.54, 1.807) is 26.0 Å². The zero-order valence-electron chi connectivity index (χ0n) is 10.8. The molecule has 0 amide bonds. The summed E-state index contributed by atoms with van der Waals surface area (Å²) in [7, 11) is 0. The summed E-state index contributed by atoms with van der Waals surface area (Å²) in [4.78, 5) is 12.3. The smallest absolute Gasteiger partial charge is 0.193 e. The number of benzene rings is 2. The Hall–Kier alpha value is -2.09. The number of ketones is 1. The molecule has 0 fully saturated rings. The highest BCUT2D eigenvalue weighted by atomic mass is 16.3. The van der Waals surface area contributed by atoms with Crippen molar-refractivity contribution in [3.8, 4) is 5.75 Å². The van der Waals surface area contributed by atoms with Gasteiger partial charge in [0.15, 0.2) is 5.78 Å². The highest BCUT2D eigenvalue weighted by Gasteiger charge is 2.12. The quantitative estimate of drug-likeness (QED) is 0.815. The Balaban J connectivity index is 2.47. The lowest BCUT2D eigenvalue weighted by Gasteiger charge is -2.07. The van der Waals surface area contributed by atoms with Gasteiger partial charge >= 0.3 is 0 Å². The third-order valence-corrected chi connectivity index (χ3v) is 3.03. The minimum absolute atomic E-state index is 0.00935. The van der Waals surface area contributed by atoms with E-state index in [-0.39, 0.29) is 11.5 Å². The number of carbonyl (C=O) groups is 1. The van der Waals surface area contributed by atoms with E-state index in [1.807, 2.05) is 31.2 Å². The van der Waals surface area contributed by atoms with Gasteiger partial charge < -0.3 is 5.11 Å². The van der Waals surface area contributed by atoms with E-state index < -0.39 is 0 Å². The number of aromatic hydroxyl groups is 1. The van der Waals surface area contributed by atoms with E-state index >= 15 is 0 Å². The van der Waals surface area contributed by atoms with Crippen LogP contribution >= 0.6 is 0 Å². The Morgan fingerprint density at radius 3 is 2.11 bits per heavy atom. The van der Waals surface area contributed by atoms with Crippen molar-refractivity contribution in [2.24, 2.45) is 0 Å². The second-order valence-electron chi connectivity index (χ2n) is 4.66. The summed E-state index contributed by atoms with van der Waals surface area (Å²) >= 11 is 0. The number of hydrogen-bond donors (Lipinski definition) is 1. The van der Waals surface area contributed by atoms with Crippen LogP contribution in [0.15, 0.2) is 36.4 Å². The van der Waals surface area contributed by atoms with E-state index in [0.717, 1.165) is 16.7 Å². The molecule has 0 heterocycles. The van der Waals surface area contributed by atoms with Crippen molar-refractivity contribution in [2.45, 2.75) is 20.8 Å². The van der Waals surface area contributed by atoms with Gasteiger partial charge in [0.2, 0.25) is 0 Å². The molecule has 0 aromatic heterocycles. The SMILES string of the molecule is Cc1cccc(C(=O)c2cc(C)c(O)c(C)c2)c1. The van der Waals surface area contributed by atoms with Crippen molar-refractivity contribution >= 4 is 5.78 Å². The predicted molar refractivity (Wildman–Crippen MR) is 72.2 cm³/mol. The number of rotatable bonds is 2. The van der Waals surface area contributed by atoms with Gasteiger partial charge in [-0.2, -0.15) is 0 Å². The Kier molecular flexibility index (Phi) is 3.19. The van der Waals surface area contributed by atoms with Crippen LogP contribution in [-0.2, 0) is 0 Å². The summed E-state index contributed by atoms with van der Waals surface area (Å²) in [6.45, 7) is 5.56. The van der Waals surface area contributed by atoms with Gasteiger partial charge in [-0.25, -0.2) is 0 Å². The Bertz CT molecular complexity index is 589. The molecule has 0 aliphatic rings. The maximum atomic E-state index is 12.3. The maximum Gasteiger partial charge on any atom is 0.193 e. The molecule has 0 aliphatic heterocycles. The zero-order chi connectivity index (χ0) is 13.3. The molecule has 2 aromatic carbocycles. The van der Waals surface area contributed by atoms with Gasteiger partial charge in [-0.05, 0) is 50.1 Å². The molecule has 0 unspecified atom stereocenters. The molecule has 92 valence electrons. The molecule has 0 bridgehead atoms. The molecule has 0 spiro atoms. The molecule has 0 radical (unpaired) electrons. The average molecular weight is 240 g/mol. The van der Waals surface area contributed by atoms with Gasteiger partial charge in [0, 0.05) is 11.1 Å². The zero-order valence-corrected chi connectivity index (χ0v) is 10.8. The van der Waals surface area contributed by atoms with Crippen molar-refractivity contribution < 1.29 is 9.90 Å². The van der Waals surface area contributed by atoms with E-state index in [9.17, 15) is 9.90 Å². The van der Waals surface area contributed by atoms with Crippen LogP contribution in [0.3, 0.4) is 0 Å². The highest BCUT2D eigenvalue weighted by Crippen LogP contribution is 2.24. The van der Waals surface area contributed by atoms with Gasteiger partial charge in [-0.3, -0.25) is 4.79 Å². The maximum absolute atomic E-state index is 12.3. The number of aryl methyl sites for hydroxylation is 3. The number of carbonyl (C=O) groups excluding carboxylic acids is 1. The predicted octanol–water partition coefficient (Wildman–Crippen LogP) is 3.55. The van der Waals surface area contributed by atoms with Crippen LogP contribution in [0.5, 0.6) is 5.75 Å². The topological polar surface area (TPSA) is 37.3 Å². The summed E-state index contributed by atoms with van der Waals surface area (Å²) < 4.78 is 0. The molecule has 18 heavy (non-hydrogen) atoms. The molecular weight excluding hydrogens is 224 g/mol. The third kappa shape index (κ3) is 2.28. The van der Waals surface area contributed by atoms with E-state index in [2.05, 4.69) is 0 Å². The first-order valence-corrected chi connectivity index (χ1v) is 5.90. The first-order chi connectivity index (χ1) is 8.49. The van der Waals surface area contributed by atoms with Gasteiger partial charge in [0.1, 0.15) is 5.75 Å². The van der Waals surface area contributed by atoms with Crippen molar-refractivity contribution in [3.63, 3.8) is 0 Å². The van der Waals surface area contributed by atoms with Gasteiger partial charge in [-0.15, -0.1) is 0 Å². The summed E-state index contributed by atoms with van der Waals surface area (Å²) in [5.74, 6) is 0.251. The minimum atomic E-state index is -0.00935. The molecular formula is C16H16O2. The van der Waals surface area contributed by atoms with Crippen molar-refractivity contribution in [1.29, 1.82) is 0 Å². The molecule has 2 nitrogen and oxygen atoms in total. The first kappa shape index (κ1) is 12.4. The molecule has 0 aliphatic carbocycles. The summed E-state index contributed by atoms with van der Waals surface area (Å²) in [6, 6.07) is 11.0. The third-order valence-electron chi connectivity index (χ3n) is 3.03. The van der Waals surface area contributed by atoms with Gasteiger partial charge in [0.05, 0.1) is 0 Å². The van der Waals surface area contributed by atoms with Gasteiger partial charge in [-0.1, -0.05) is 23.8 Å². The first-order valence-electron chi connectivity index (χ1n) is 5.90. The lowest BCUT2D eigenvalue weighted by atomic mass is 9.98. The minimum Gasteiger partial charge on any atom is -0.507 e. The van der Waals surface area contributed by atoms with Crippen LogP contribution in [-0.4, -0.2) is 10.9 Å². The van der Waals surface area contributed by atoms with E-state index in [4.69, 9.17) is 0 Å². The fraction of sp³-hybridized carbons (Fsp3) is 0.188. The van der Waals surface area contributed by atoms with Crippen molar-refractivity contribution in [3.05, 3.63) is 64.2 Å². The summed E-state index contributed by atoms with van der Waals surface area (Å²) in [6.07, 6.45) is 0. The normalized spacial score (nSPS) is 10.4. The Morgan fingerprint density at radius 1 is 0.944 bits per heavy atom. The lowest BCUT2D eigenvalue weighted by molar-refractivity contribution is 0.103. The van der Waals surface area contributed by atoms with Crippen LogP contribution < -0.4 is 0 Å². The second-order valence-corrected chi connectivity index (χ2v) is 4.66. The number of hydrogen-bond acceptors (Lipinski definition) is 2. The number of phenols is 1. The molecule has 2 heteroatoms. The summed E-state index contributed by atoms with van der Waals surface area (Å²) in [5, 5.41) is 9.72.